The van der Waals surface area contributed by atoms with Crippen LogP contribution in [0.4, 0.5) is 5.13 Å². The molecule has 6 heteroatoms. The van der Waals surface area contributed by atoms with Crippen LogP contribution in [0.15, 0.2) is 53.0 Å². The number of aryl methyl sites for hydroxylation is 1. The van der Waals surface area contributed by atoms with Gasteiger partial charge in [0.25, 0.3) is 5.91 Å². The molecule has 24 heavy (non-hydrogen) atoms. The summed E-state index contributed by atoms with van der Waals surface area (Å²) in [5.74, 6) is -0.185. The summed E-state index contributed by atoms with van der Waals surface area (Å²) in [4.78, 5) is 17.8. The molecule has 1 N–H and O–H groups in total. The number of rotatable bonds is 4. The molecular weight excluding hydrogens is 408 g/mol. The smallest absolute Gasteiger partial charge is 0.257 e. The molecule has 0 aliphatic heterocycles. The number of anilines is 1. The highest BCUT2D eigenvalue weighted by Crippen LogP contribution is 2.26. The van der Waals surface area contributed by atoms with Crippen molar-refractivity contribution in [3.63, 3.8) is 0 Å². The molecule has 3 aromatic rings. The highest BCUT2D eigenvalue weighted by Gasteiger charge is 2.12. The molecule has 0 spiro atoms. The normalized spacial score (nSPS) is 10.6. The van der Waals surface area contributed by atoms with Crippen LogP contribution in [0, 0.1) is 6.92 Å². The second kappa shape index (κ2) is 7.47. The van der Waals surface area contributed by atoms with Crippen LogP contribution < -0.4 is 5.32 Å². The number of aromatic nitrogens is 1. The van der Waals surface area contributed by atoms with Crippen LogP contribution in [-0.2, 0) is 6.42 Å². The molecule has 0 saturated carbocycles. The van der Waals surface area contributed by atoms with Gasteiger partial charge in [0.05, 0.1) is 5.69 Å². The van der Waals surface area contributed by atoms with Gasteiger partial charge in [0.1, 0.15) is 0 Å². The summed E-state index contributed by atoms with van der Waals surface area (Å²) in [6.07, 6.45) is 0.799. The van der Waals surface area contributed by atoms with Crippen molar-refractivity contribution in [3.05, 3.63) is 79.7 Å². The number of nitrogens with zero attached hydrogens (tertiary/aromatic N) is 1. The number of thiazole rings is 1. The van der Waals surface area contributed by atoms with E-state index in [9.17, 15) is 4.79 Å². The summed E-state index contributed by atoms with van der Waals surface area (Å²) in [6, 6.07) is 15.0. The van der Waals surface area contributed by atoms with Crippen molar-refractivity contribution in [2.45, 2.75) is 13.3 Å². The van der Waals surface area contributed by atoms with Crippen molar-refractivity contribution >= 4 is 49.9 Å². The van der Waals surface area contributed by atoms with Gasteiger partial charge < -0.3 is 0 Å². The average Bonchev–Trinajstić information content (AvgIpc) is 2.89. The number of halogens is 2. The van der Waals surface area contributed by atoms with Gasteiger partial charge in [0.2, 0.25) is 0 Å². The van der Waals surface area contributed by atoms with Crippen LogP contribution in [-0.4, -0.2) is 10.9 Å². The lowest BCUT2D eigenvalue weighted by Crippen LogP contribution is -2.11. The van der Waals surface area contributed by atoms with Gasteiger partial charge >= 0.3 is 0 Å². The molecule has 1 aromatic heterocycles. The van der Waals surface area contributed by atoms with Crippen molar-refractivity contribution in [2.24, 2.45) is 0 Å². The van der Waals surface area contributed by atoms with Gasteiger partial charge in [-0.15, -0.1) is 11.3 Å². The van der Waals surface area contributed by atoms with Crippen LogP contribution >= 0.6 is 38.9 Å². The van der Waals surface area contributed by atoms with E-state index in [2.05, 4.69) is 38.4 Å². The van der Waals surface area contributed by atoms with Gasteiger partial charge in [0.15, 0.2) is 5.13 Å². The Morgan fingerprint density at radius 3 is 2.50 bits per heavy atom. The summed E-state index contributed by atoms with van der Waals surface area (Å²) in [6.45, 7) is 1.96. The number of nitrogens with one attached hydrogen (secondary N) is 1. The second-order valence-corrected chi connectivity index (χ2v) is 7.73. The summed E-state index contributed by atoms with van der Waals surface area (Å²) < 4.78 is 1.06. The number of hydrogen-bond donors (Lipinski definition) is 1. The van der Waals surface area contributed by atoms with E-state index >= 15 is 0 Å². The fourth-order valence-electron chi connectivity index (χ4n) is 2.20. The Morgan fingerprint density at radius 1 is 1.17 bits per heavy atom. The third-order valence-electron chi connectivity index (χ3n) is 3.50. The first-order valence-electron chi connectivity index (χ1n) is 7.29. The second-order valence-electron chi connectivity index (χ2n) is 5.29. The molecule has 2 aromatic carbocycles. The third kappa shape index (κ3) is 4.23. The van der Waals surface area contributed by atoms with Crippen molar-refractivity contribution in [1.82, 2.24) is 4.98 Å². The molecular formula is C18H14BrClN2OS. The van der Waals surface area contributed by atoms with E-state index in [-0.39, 0.29) is 5.91 Å². The largest absolute Gasteiger partial charge is 0.298 e. The molecule has 0 radical (unpaired) electrons. The number of carbonyl (C=O) groups is 1. The fourth-order valence-corrected chi connectivity index (χ4v) is 3.59. The summed E-state index contributed by atoms with van der Waals surface area (Å²) in [5, 5.41) is 4.07. The van der Waals surface area contributed by atoms with E-state index in [1.165, 1.54) is 16.9 Å². The first kappa shape index (κ1) is 17.1. The van der Waals surface area contributed by atoms with Crippen molar-refractivity contribution in [1.29, 1.82) is 0 Å². The van der Waals surface area contributed by atoms with Gasteiger partial charge in [-0.1, -0.05) is 39.7 Å². The van der Waals surface area contributed by atoms with Gasteiger partial charge in [-0.05, 0) is 48.9 Å². The molecule has 0 aliphatic carbocycles. The molecule has 122 valence electrons. The van der Waals surface area contributed by atoms with Crippen LogP contribution in [0.5, 0.6) is 0 Å². The van der Waals surface area contributed by atoms with E-state index in [4.69, 9.17) is 11.6 Å². The Hall–Kier alpha value is -1.69. The lowest BCUT2D eigenvalue weighted by atomic mass is 10.1. The molecule has 0 atom stereocenters. The van der Waals surface area contributed by atoms with E-state index in [1.807, 2.05) is 19.1 Å². The number of amides is 1. The average molecular weight is 422 g/mol. The number of benzene rings is 2. The van der Waals surface area contributed by atoms with Crippen LogP contribution in [0.3, 0.4) is 0 Å². The summed E-state index contributed by atoms with van der Waals surface area (Å²) >= 11 is 10.8. The Morgan fingerprint density at radius 2 is 1.83 bits per heavy atom. The van der Waals surface area contributed by atoms with Crippen molar-refractivity contribution in [2.75, 3.05) is 5.32 Å². The van der Waals surface area contributed by atoms with Crippen LogP contribution in [0.2, 0.25) is 5.02 Å². The van der Waals surface area contributed by atoms with Crippen LogP contribution in [0.1, 0.15) is 26.5 Å². The standard InChI is InChI=1S/C18H14BrClN2OS/c1-11-16(10-12-2-6-14(19)7-3-12)24-18(21-11)22-17(23)13-4-8-15(20)9-5-13/h2-9H,10H2,1H3,(H,21,22,23). The lowest BCUT2D eigenvalue weighted by Gasteiger charge is -2.01. The zero-order valence-electron chi connectivity index (χ0n) is 12.8. The maximum atomic E-state index is 12.2. The maximum Gasteiger partial charge on any atom is 0.257 e. The minimum Gasteiger partial charge on any atom is -0.298 e. The fraction of sp³-hybridized carbons (Fsp3) is 0.111. The Labute approximate surface area is 157 Å². The molecule has 0 aliphatic rings. The molecule has 3 nitrogen and oxygen atoms in total. The molecule has 0 fully saturated rings. The first-order valence-corrected chi connectivity index (χ1v) is 9.27. The van der Waals surface area contributed by atoms with E-state index in [1.54, 1.807) is 24.3 Å². The maximum absolute atomic E-state index is 12.2. The van der Waals surface area contributed by atoms with E-state index in [0.29, 0.717) is 15.7 Å². The van der Waals surface area contributed by atoms with E-state index in [0.717, 1.165) is 21.5 Å². The summed E-state index contributed by atoms with van der Waals surface area (Å²) in [7, 11) is 0. The van der Waals surface area contributed by atoms with Gasteiger partial charge in [-0.25, -0.2) is 4.98 Å². The van der Waals surface area contributed by atoms with Gasteiger partial charge in [0, 0.05) is 26.4 Å². The monoisotopic (exact) mass is 420 g/mol. The highest BCUT2D eigenvalue weighted by atomic mass is 79.9. The van der Waals surface area contributed by atoms with Gasteiger partial charge in [-0.2, -0.15) is 0 Å². The summed E-state index contributed by atoms with van der Waals surface area (Å²) in [5.41, 5.74) is 2.71. The highest BCUT2D eigenvalue weighted by molar-refractivity contribution is 9.10. The molecule has 3 rings (SSSR count). The molecule has 1 heterocycles. The topological polar surface area (TPSA) is 42.0 Å². The number of carbonyl (C=O) groups excluding carboxylic acids is 1. The predicted octanol–water partition coefficient (Wildman–Crippen LogP) is 5.71. The SMILES string of the molecule is Cc1nc(NC(=O)c2ccc(Cl)cc2)sc1Cc1ccc(Br)cc1. The first-order chi connectivity index (χ1) is 11.5. The quantitative estimate of drug-likeness (QED) is 0.586. The molecule has 1 amide bonds. The predicted molar refractivity (Wildman–Crippen MR) is 103 cm³/mol. The zero-order chi connectivity index (χ0) is 17.1. The van der Waals surface area contributed by atoms with Crippen molar-refractivity contribution in [3.8, 4) is 0 Å². The number of hydrogen-bond acceptors (Lipinski definition) is 3. The zero-order valence-corrected chi connectivity index (χ0v) is 16.0. The van der Waals surface area contributed by atoms with Crippen molar-refractivity contribution < 1.29 is 4.79 Å². The molecule has 0 unspecified atom stereocenters. The lowest BCUT2D eigenvalue weighted by molar-refractivity contribution is 0.102. The molecule has 0 saturated heterocycles. The Kier molecular flexibility index (Phi) is 5.33. The van der Waals surface area contributed by atoms with Crippen LogP contribution in [0.25, 0.3) is 0 Å². The Balaban J connectivity index is 1.72. The third-order valence-corrected chi connectivity index (χ3v) is 5.35. The Bertz CT molecular complexity index is 860. The van der Waals surface area contributed by atoms with E-state index < -0.39 is 0 Å². The minimum atomic E-state index is -0.185. The van der Waals surface area contributed by atoms with Gasteiger partial charge in [-0.3, -0.25) is 10.1 Å². The minimum absolute atomic E-state index is 0.185. The molecule has 0 bridgehead atoms.